The third-order valence-electron chi connectivity index (χ3n) is 4.97. The van der Waals surface area contributed by atoms with Gasteiger partial charge in [0.25, 0.3) is 0 Å². The monoisotopic (exact) mass is 397 g/mol. The predicted molar refractivity (Wildman–Crippen MR) is 106 cm³/mol. The van der Waals surface area contributed by atoms with Crippen molar-refractivity contribution in [2.75, 3.05) is 6.54 Å². The molecular weight excluding hydrogens is 373 g/mol. The number of amides is 1. The van der Waals surface area contributed by atoms with Gasteiger partial charge in [0.05, 0.1) is 16.6 Å². The van der Waals surface area contributed by atoms with Crippen molar-refractivity contribution in [1.29, 1.82) is 0 Å². The highest BCUT2D eigenvalue weighted by molar-refractivity contribution is 7.15. The van der Waals surface area contributed by atoms with Crippen LogP contribution in [-0.4, -0.2) is 17.4 Å². The van der Waals surface area contributed by atoms with E-state index in [1.54, 1.807) is 23.5 Å². The number of benzene rings is 1. The number of nitrogens with zero attached hydrogens (tertiary/aromatic N) is 1. The topological polar surface area (TPSA) is 68.0 Å². The first-order chi connectivity index (χ1) is 12.0. The van der Waals surface area contributed by atoms with Gasteiger partial charge in [-0.25, -0.2) is 9.37 Å². The SMILES string of the molecule is Cc1nc(-c2ccc(F)cc2)sc1C(C)NC(=O)[C@@H]1CCC[C@@H]1CN.Cl. The number of carbonyl (C=O) groups is 1. The first-order valence-electron chi connectivity index (χ1n) is 8.73. The van der Waals surface area contributed by atoms with Crippen LogP contribution in [0, 0.1) is 24.6 Å². The molecule has 1 amide bonds. The molecule has 142 valence electrons. The Balaban J connectivity index is 0.00000243. The van der Waals surface area contributed by atoms with E-state index in [-0.39, 0.29) is 36.1 Å². The Bertz CT molecular complexity index is 750. The number of rotatable bonds is 5. The van der Waals surface area contributed by atoms with Gasteiger partial charge in [0, 0.05) is 11.5 Å². The van der Waals surface area contributed by atoms with E-state index in [1.165, 1.54) is 12.1 Å². The lowest BCUT2D eigenvalue weighted by molar-refractivity contribution is -0.126. The van der Waals surface area contributed by atoms with Crippen LogP contribution in [-0.2, 0) is 4.79 Å². The first-order valence-corrected chi connectivity index (χ1v) is 9.55. The minimum Gasteiger partial charge on any atom is -0.348 e. The number of hydrogen-bond donors (Lipinski definition) is 2. The zero-order valence-corrected chi connectivity index (χ0v) is 16.6. The fourth-order valence-electron chi connectivity index (χ4n) is 3.58. The molecule has 1 fully saturated rings. The first kappa shape index (κ1) is 20.8. The maximum absolute atomic E-state index is 13.1. The molecule has 3 atom stereocenters. The summed E-state index contributed by atoms with van der Waals surface area (Å²) in [6.07, 6.45) is 3.03. The van der Waals surface area contributed by atoms with Crippen molar-refractivity contribution < 1.29 is 9.18 Å². The molecule has 3 rings (SSSR count). The number of carbonyl (C=O) groups excluding carboxylic acids is 1. The van der Waals surface area contributed by atoms with Crippen LogP contribution in [0.15, 0.2) is 24.3 Å². The summed E-state index contributed by atoms with van der Waals surface area (Å²) in [4.78, 5) is 18.2. The molecule has 1 aliphatic carbocycles. The lowest BCUT2D eigenvalue weighted by Crippen LogP contribution is -2.36. The third kappa shape index (κ3) is 4.42. The number of aryl methyl sites for hydroxylation is 1. The molecular formula is C19H25ClFN3OS. The van der Waals surface area contributed by atoms with Gasteiger partial charge in [-0.2, -0.15) is 0 Å². The average Bonchev–Trinajstić information content (AvgIpc) is 3.21. The van der Waals surface area contributed by atoms with Gasteiger partial charge >= 0.3 is 0 Å². The molecule has 1 saturated carbocycles. The number of hydrogen-bond acceptors (Lipinski definition) is 4. The van der Waals surface area contributed by atoms with Gasteiger partial charge in [0.2, 0.25) is 5.91 Å². The minimum atomic E-state index is -0.260. The molecule has 0 radical (unpaired) electrons. The molecule has 1 unspecified atom stereocenters. The van der Waals surface area contributed by atoms with Gasteiger partial charge in [-0.05, 0) is 63.4 Å². The summed E-state index contributed by atoms with van der Waals surface area (Å²) in [5, 5.41) is 3.98. The van der Waals surface area contributed by atoms with Crippen LogP contribution in [0.1, 0.15) is 42.8 Å². The van der Waals surface area contributed by atoms with Gasteiger partial charge < -0.3 is 11.1 Å². The summed E-state index contributed by atoms with van der Waals surface area (Å²) in [6, 6.07) is 6.22. The van der Waals surface area contributed by atoms with Crippen LogP contribution in [0.5, 0.6) is 0 Å². The van der Waals surface area contributed by atoms with Crippen molar-refractivity contribution in [3.63, 3.8) is 0 Å². The largest absolute Gasteiger partial charge is 0.348 e. The van der Waals surface area contributed by atoms with Crippen LogP contribution in [0.2, 0.25) is 0 Å². The quantitative estimate of drug-likeness (QED) is 0.793. The Morgan fingerprint density at radius 2 is 2.08 bits per heavy atom. The molecule has 0 bridgehead atoms. The molecule has 4 nitrogen and oxygen atoms in total. The highest BCUT2D eigenvalue weighted by Gasteiger charge is 2.32. The van der Waals surface area contributed by atoms with Crippen LogP contribution in [0.4, 0.5) is 4.39 Å². The molecule has 1 aromatic heterocycles. The fraction of sp³-hybridized carbons (Fsp3) is 0.474. The zero-order valence-electron chi connectivity index (χ0n) is 15.0. The Morgan fingerprint density at radius 1 is 1.38 bits per heavy atom. The molecule has 1 heterocycles. The van der Waals surface area contributed by atoms with E-state index < -0.39 is 0 Å². The van der Waals surface area contributed by atoms with Gasteiger partial charge in [-0.3, -0.25) is 4.79 Å². The fourth-order valence-corrected chi connectivity index (χ4v) is 4.65. The zero-order chi connectivity index (χ0) is 18.0. The molecule has 1 aromatic carbocycles. The van der Waals surface area contributed by atoms with E-state index in [1.807, 2.05) is 13.8 Å². The summed E-state index contributed by atoms with van der Waals surface area (Å²) in [6.45, 7) is 4.50. The molecule has 7 heteroatoms. The molecule has 3 N–H and O–H groups in total. The standard InChI is InChI=1S/C19H24FN3OS.ClH/c1-11(22-18(24)16-5-3-4-14(16)10-21)17-12(2)23-19(25-17)13-6-8-15(20)9-7-13;/h6-9,11,14,16H,3-5,10,21H2,1-2H3,(H,22,24);1H/t11?,14-,16-;/m1./s1. The van der Waals surface area contributed by atoms with E-state index in [4.69, 9.17) is 5.73 Å². The molecule has 1 aliphatic rings. The summed E-state index contributed by atoms with van der Waals surface area (Å²) < 4.78 is 13.1. The molecule has 0 saturated heterocycles. The van der Waals surface area contributed by atoms with Crippen molar-refractivity contribution in [3.05, 3.63) is 40.7 Å². The smallest absolute Gasteiger partial charge is 0.223 e. The highest BCUT2D eigenvalue weighted by atomic mass is 35.5. The Labute approximate surface area is 163 Å². The number of aromatic nitrogens is 1. The second-order valence-corrected chi connectivity index (χ2v) is 7.77. The van der Waals surface area contributed by atoms with Crippen molar-refractivity contribution in [2.24, 2.45) is 17.6 Å². The second-order valence-electron chi connectivity index (χ2n) is 6.74. The number of thiazole rings is 1. The summed E-state index contributed by atoms with van der Waals surface area (Å²) in [5.74, 6) is 0.155. The summed E-state index contributed by atoms with van der Waals surface area (Å²) in [7, 11) is 0. The second kappa shape index (κ2) is 8.93. The maximum Gasteiger partial charge on any atom is 0.223 e. The van der Waals surface area contributed by atoms with Gasteiger partial charge in [-0.15, -0.1) is 23.7 Å². The predicted octanol–water partition coefficient (Wildman–Crippen LogP) is 4.23. The normalized spacial score (nSPS) is 20.5. The maximum atomic E-state index is 13.1. The molecule has 2 aromatic rings. The van der Waals surface area contributed by atoms with E-state index in [2.05, 4.69) is 10.3 Å². The summed E-state index contributed by atoms with van der Waals surface area (Å²) in [5.41, 5.74) is 7.58. The van der Waals surface area contributed by atoms with E-state index >= 15 is 0 Å². The Morgan fingerprint density at radius 3 is 2.73 bits per heavy atom. The van der Waals surface area contributed by atoms with E-state index in [9.17, 15) is 9.18 Å². The highest BCUT2D eigenvalue weighted by Crippen LogP contribution is 2.34. The van der Waals surface area contributed by atoms with E-state index in [0.29, 0.717) is 12.5 Å². The Kier molecular flexibility index (Phi) is 7.15. The van der Waals surface area contributed by atoms with Crippen molar-refractivity contribution in [1.82, 2.24) is 10.3 Å². The number of nitrogens with one attached hydrogen (secondary N) is 1. The van der Waals surface area contributed by atoms with Gasteiger partial charge in [-0.1, -0.05) is 6.42 Å². The van der Waals surface area contributed by atoms with Crippen molar-refractivity contribution in [2.45, 2.75) is 39.2 Å². The van der Waals surface area contributed by atoms with Crippen molar-refractivity contribution >= 4 is 29.7 Å². The van der Waals surface area contributed by atoms with E-state index in [0.717, 1.165) is 40.4 Å². The van der Waals surface area contributed by atoms with Gasteiger partial charge in [0.15, 0.2) is 0 Å². The average molecular weight is 398 g/mol. The van der Waals surface area contributed by atoms with Crippen LogP contribution < -0.4 is 11.1 Å². The molecule has 0 aliphatic heterocycles. The van der Waals surface area contributed by atoms with Gasteiger partial charge in [0.1, 0.15) is 10.8 Å². The van der Waals surface area contributed by atoms with Crippen LogP contribution in [0.3, 0.4) is 0 Å². The number of nitrogens with two attached hydrogens (primary N) is 1. The van der Waals surface area contributed by atoms with Crippen LogP contribution >= 0.6 is 23.7 Å². The lowest BCUT2D eigenvalue weighted by Gasteiger charge is -2.20. The molecule has 0 spiro atoms. The summed E-state index contributed by atoms with van der Waals surface area (Å²) >= 11 is 1.54. The Hall–Kier alpha value is -1.50. The molecule has 26 heavy (non-hydrogen) atoms. The third-order valence-corrected chi connectivity index (χ3v) is 6.36. The number of halogens is 2. The minimum absolute atomic E-state index is 0. The van der Waals surface area contributed by atoms with Crippen LogP contribution in [0.25, 0.3) is 10.6 Å². The van der Waals surface area contributed by atoms with Crippen molar-refractivity contribution in [3.8, 4) is 10.6 Å². The lowest BCUT2D eigenvalue weighted by atomic mass is 9.95.